The number of imidazole rings is 1. The summed E-state index contributed by atoms with van der Waals surface area (Å²) in [5.74, 6) is 0. The molecule has 0 radical (unpaired) electrons. The normalized spacial score (nSPS) is 10.9. The monoisotopic (exact) mass is 242 g/mol. The molecule has 0 saturated carbocycles. The molecule has 4 heteroatoms. The van der Waals surface area contributed by atoms with E-state index in [0.29, 0.717) is 0 Å². The molecule has 0 unspecified atom stereocenters. The van der Waals surface area contributed by atoms with Crippen LogP contribution in [0.1, 0.15) is 0 Å². The Balaban J connectivity index is 2.42. The molecule has 0 amide bonds. The first kappa shape index (κ1) is 10.2. The molecule has 1 aromatic heterocycles. The van der Waals surface area contributed by atoms with Gasteiger partial charge in [0.25, 0.3) is 0 Å². The number of thiol groups is 1. The van der Waals surface area contributed by atoms with Crippen LogP contribution in [0.2, 0.25) is 0 Å². The second kappa shape index (κ2) is 3.82. The van der Waals surface area contributed by atoms with Gasteiger partial charge in [0.1, 0.15) is 0 Å². The Hall–Kier alpha value is -1.94. The van der Waals surface area contributed by atoms with Crippen LogP contribution in [-0.2, 0) is 0 Å². The Morgan fingerprint density at radius 3 is 2.53 bits per heavy atom. The van der Waals surface area contributed by atoms with Gasteiger partial charge in [0.15, 0.2) is 0 Å². The van der Waals surface area contributed by atoms with E-state index in [1.54, 1.807) is 4.57 Å². The van der Waals surface area contributed by atoms with Crippen LogP contribution in [0.4, 0.5) is 0 Å². The maximum atomic E-state index is 12.0. The van der Waals surface area contributed by atoms with E-state index in [0.717, 1.165) is 21.6 Å². The van der Waals surface area contributed by atoms with E-state index >= 15 is 0 Å². The van der Waals surface area contributed by atoms with Crippen LogP contribution in [0.3, 0.4) is 0 Å². The number of para-hydroxylation sites is 3. The number of hydrogen-bond acceptors (Lipinski definition) is 2. The van der Waals surface area contributed by atoms with Gasteiger partial charge in [-0.1, -0.05) is 24.3 Å². The lowest BCUT2D eigenvalue weighted by Crippen LogP contribution is -2.14. The molecule has 0 aliphatic carbocycles. The van der Waals surface area contributed by atoms with Crippen LogP contribution in [0, 0.1) is 0 Å². The zero-order chi connectivity index (χ0) is 11.8. The second-order valence-electron chi connectivity index (χ2n) is 3.77. The van der Waals surface area contributed by atoms with Gasteiger partial charge in [-0.25, -0.2) is 4.79 Å². The quantitative estimate of drug-likeness (QED) is 0.632. The van der Waals surface area contributed by atoms with E-state index in [-0.39, 0.29) is 5.69 Å². The molecule has 0 fully saturated rings. The molecule has 0 atom stereocenters. The van der Waals surface area contributed by atoms with E-state index in [1.165, 1.54) is 0 Å². The van der Waals surface area contributed by atoms with Crippen LogP contribution < -0.4 is 5.69 Å². The number of rotatable bonds is 1. The standard InChI is InChI=1S/C13H10N2OS/c16-13-14-9-5-1-2-6-10(9)15(13)11-7-3-4-8-12(11)17/h1-8,17H,(H,14,16). The van der Waals surface area contributed by atoms with Gasteiger partial charge in [0, 0.05) is 4.90 Å². The Morgan fingerprint density at radius 1 is 1.00 bits per heavy atom. The third-order valence-corrected chi connectivity index (χ3v) is 3.09. The van der Waals surface area contributed by atoms with E-state index in [1.807, 2.05) is 48.5 Å². The fourth-order valence-corrected chi connectivity index (χ4v) is 2.21. The van der Waals surface area contributed by atoms with Gasteiger partial charge in [0.05, 0.1) is 16.7 Å². The summed E-state index contributed by atoms with van der Waals surface area (Å²) in [7, 11) is 0. The molecule has 0 aliphatic rings. The fourth-order valence-electron chi connectivity index (χ4n) is 1.95. The van der Waals surface area contributed by atoms with Crippen molar-refractivity contribution in [1.29, 1.82) is 0 Å². The highest BCUT2D eigenvalue weighted by molar-refractivity contribution is 7.80. The highest BCUT2D eigenvalue weighted by Crippen LogP contribution is 2.20. The lowest BCUT2D eigenvalue weighted by atomic mass is 10.3. The van der Waals surface area contributed by atoms with E-state index in [9.17, 15) is 4.79 Å². The number of benzene rings is 2. The van der Waals surface area contributed by atoms with E-state index < -0.39 is 0 Å². The molecule has 0 spiro atoms. The van der Waals surface area contributed by atoms with Crippen molar-refractivity contribution in [3.63, 3.8) is 0 Å². The van der Waals surface area contributed by atoms with Gasteiger partial charge in [-0.15, -0.1) is 12.6 Å². The minimum atomic E-state index is -0.146. The number of hydrogen-bond donors (Lipinski definition) is 2. The van der Waals surface area contributed by atoms with Crippen molar-refractivity contribution in [2.24, 2.45) is 0 Å². The zero-order valence-electron chi connectivity index (χ0n) is 8.92. The molecule has 1 heterocycles. The second-order valence-corrected chi connectivity index (χ2v) is 4.25. The average Bonchev–Trinajstić information content (AvgIpc) is 2.66. The molecule has 3 rings (SSSR count). The minimum Gasteiger partial charge on any atom is -0.305 e. The van der Waals surface area contributed by atoms with Crippen molar-refractivity contribution >= 4 is 23.7 Å². The first-order chi connectivity index (χ1) is 8.27. The topological polar surface area (TPSA) is 37.8 Å². The fraction of sp³-hybridized carbons (Fsp3) is 0. The number of H-pyrrole nitrogens is 1. The van der Waals surface area contributed by atoms with Gasteiger partial charge >= 0.3 is 5.69 Å². The molecule has 17 heavy (non-hydrogen) atoms. The van der Waals surface area contributed by atoms with Crippen molar-refractivity contribution < 1.29 is 0 Å². The molecular weight excluding hydrogens is 232 g/mol. The first-order valence-corrected chi connectivity index (χ1v) is 5.70. The van der Waals surface area contributed by atoms with Gasteiger partial charge in [0.2, 0.25) is 0 Å². The Labute approximate surface area is 103 Å². The van der Waals surface area contributed by atoms with Crippen molar-refractivity contribution in [3.05, 3.63) is 59.0 Å². The number of fused-ring (bicyclic) bond motifs is 1. The third-order valence-electron chi connectivity index (χ3n) is 2.71. The number of nitrogens with one attached hydrogen (secondary N) is 1. The summed E-state index contributed by atoms with van der Waals surface area (Å²) in [6, 6.07) is 15.1. The summed E-state index contributed by atoms with van der Waals surface area (Å²) in [6.07, 6.45) is 0. The largest absolute Gasteiger partial charge is 0.331 e. The summed E-state index contributed by atoms with van der Waals surface area (Å²) in [4.78, 5) is 15.6. The molecule has 3 aromatic rings. The Bertz CT molecular complexity index is 742. The van der Waals surface area contributed by atoms with Gasteiger partial charge in [-0.3, -0.25) is 4.57 Å². The number of nitrogens with zero attached hydrogens (tertiary/aromatic N) is 1. The molecule has 84 valence electrons. The van der Waals surface area contributed by atoms with Crippen LogP contribution in [0.25, 0.3) is 16.7 Å². The van der Waals surface area contributed by atoms with Gasteiger partial charge in [-0.2, -0.15) is 0 Å². The lowest BCUT2D eigenvalue weighted by molar-refractivity contribution is 0.991. The van der Waals surface area contributed by atoms with Crippen molar-refractivity contribution in [3.8, 4) is 5.69 Å². The van der Waals surface area contributed by atoms with Crippen molar-refractivity contribution in [2.75, 3.05) is 0 Å². The zero-order valence-corrected chi connectivity index (χ0v) is 9.82. The van der Waals surface area contributed by atoms with E-state index in [2.05, 4.69) is 17.6 Å². The number of aromatic amines is 1. The Morgan fingerprint density at radius 2 is 1.71 bits per heavy atom. The average molecular weight is 242 g/mol. The lowest BCUT2D eigenvalue weighted by Gasteiger charge is -2.05. The molecule has 0 bridgehead atoms. The molecule has 0 aliphatic heterocycles. The molecule has 2 aromatic carbocycles. The molecular formula is C13H10N2OS. The van der Waals surface area contributed by atoms with Crippen LogP contribution in [0.5, 0.6) is 0 Å². The maximum Gasteiger partial charge on any atom is 0.331 e. The highest BCUT2D eigenvalue weighted by atomic mass is 32.1. The first-order valence-electron chi connectivity index (χ1n) is 5.25. The third kappa shape index (κ3) is 1.57. The molecule has 1 N–H and O–H groups in total. The summed E-state index contributed by atoms with van der Waals surface area (Å²) < 4.78 is 1.64. The highest BCUT2D eigenvalue weighted by Gasteiger charge is 2.09. The van der Waals surface area contributed by atoms with E-state index in [4.69, 9.17) is 0 Å². The smallest absolute Gasteiger partial charge is 0.305 e. The maximum absolute atomic E-state index is 12.0. The van der Waals surface area contributed by atoms with Crippen LogP contribution >= 0.6 is 12.6 Å². The Kier molecular flexibility index (Phi) is 2.30. The van der Waals surface area contributed by atoms with Gasteiger partial charge < -0.3 is 4.98 Å². The SMILES string of the molecule is O=c1[nH]c2ccccc2n1-c1ccccc1S. The predicted octanol–water partition coefficient (Wildman–Crippen LogP) is 2.61. The molecule has 3 nitrogen and oxygen atoms in total. The summed E-state index contributed by atoms with van der Waals surface area (Å²) in [6.45, 7) is 0. The number of aromatic nitrogens is 2. The van der Waals surface area contributed by atoms with Crippen molar-refractivity contribution in [1.82, 2.24) is 9.55 Å². The predicted molar refractivity (Wildman–Crippen MR) is 71.1 cm³/mol. The summed E-state index contributed by atoms with van der Waals surface area (Å²) in [5, 5.41) is 0. The van der Waals surface area contributed by atoms with Gasteiger partial charge in [-0.05, 0) is 24.3 Å². The summed E-state index contributed by atoms with van der Waals surface area (Å²) >= 11 is 4.38. The minimum absolute atomic E-state index is 0.146. The van der Waals surface area contributed by atoms with Crippen molar-refractivity contribution in [2.45, 2.75) is 4.90 Å². The summed E-state index contributed by atoms with van der Waals surface area (Å²) in [5.41, 5.74) is 2.33. The molecule has 0 saturated heterocycles. The van der Waals surface area contributed by atoms with Crippen LogP contribution in [-0.4, -0.2) is 9.55 Å². The van der Waals surface area contributed by atoms with Crippen LogP contribution in [0.15, 0.2) is 58.2 Å².